The highest BCUT2D eigenvalue weighted by Gasteiger charge is 2.36. The number of anilines is 1. The average Bonchev–Trinajstić information content (AvgIpc) is 3.24. The van der Waals surface area contributed by atoms with Crippen LogP contribution in [0.1, 0.15) is 43.2 Å². The van der Waals surface area contributed by atoms with Gasteiger partial charge in [-0.25, -0.2) is 4.79 Å². The van der Waals surface area contributed by atoms with Crippen LogP contribution in [0.2, 0.25) is 0 Å². The Morgan fingerprint density at radius 2 is 2.00 bits per heavy atom. The minimum Gasteiger partial charge on any atom is -0.497 e. The molecule has 1 fully saturated rings. The summed E-state index contributed by atoms with van der Waals surface area (Å²) in [5, 5.41) is 7.60. The third-order valence-corrected chi connectivity index (χ3v) is 6.69. The van der Waals surface area contributed by atoms with Gasteiger partial charge >= 0.3 is 6.03 Å². The molecule has 1 saturated carbocycles. The molecule has 7 nitrogen and oxygen atoms in total. The molecule has 2 aliphatic rings. The number of nitrogens with one attached hydrogen (secondary N) is 1. The zero-order chi connectivity index (χ0) is 21.8. The van der Waals surface area contributed by atoms with Crippen molar-refractivity contribution in [2.75, 3.05) is 33.1 Å². The number of methoxy groups -OCH3 is 1. The number of fused-ring (bicyclic) bond motifs is 1. The van der Waals surface area contributed by atoms with E-state index in [0.717, 1.165) is 25.3 Å². The number of hydrogen-bond donors (Lipinski definition) is 1. The van der Waals surface area contributed by atoms with Gasteiger partial charge in [-0.2, -0.15) is 5.10 Å². The Balaban J connectivity index is 1.51. The van der Waals surface area contributed by atoms with Gasteiger partial charge in [-0.3, -0.25) is 10.00 Å². The lowest BCUT2D eigenvalue weighted by atomic mass is 9.78. The Kier molecular flexibility index (Phi) is 6.80. The monoisotopic (exact) mass is 425 g/mol. The predicted octanol–water partition coefficient (Wildman–Crippen LogP) is 3.99. The lowest BCUT2D eigenvalue weighted by Gasteiger charge is -2.42. The number of rotatable bonds is 6. The Labute approximate surface area is 185 Å². The standard InChI is InChI=1S/C24H35N5O2/c1-27(2)13-14-28-12-11-23(26-28)25-24(30)29-17-20-15-21(31-3)10-9-19(20)16-22(29)18-7-5-4-6-8-18/h9-12,15,18,22H,4-8,13-14,16-17H2,1-3H3,(H,25,26,30). The van der Waals surface area contributed by atoms with Crippen molar-refractivity contribution in [3.05, 3.63) is 41.6 Å². The summed E-state index contributed by atoms with van der Waals surface area (Å²) >= 11 is 0. The number of ether oxygens (including phenoxy) is 1. The second-order valence-corrected chi connectivity index (χ2v) is 9.13. The molecule has 168 valence electrons. The minimum absolute atomic E-state index is 0.0538. The van der Waals surface area contributed by atoms with Gasteiger partial charge in [0.2, 0.25) is 0 Å². The first-order valence-corrected chi connectivity index (χ1v) is 11.4. The van der Waals surface area contributed by atoms with E-state index in [-0.39, 0.29) is 12.1 Å². The maximum Gasteiger partial charge on any atom is 0.323 e. The van der Waals surface area contributed by atoms with Gasteiger partial charge in [0.05, 0.1) is 13.7 Å². The topological polar surface area (TPSA) is 62.6 Å². The third-order valence-electron chi connectivity index (χ3n) is 6.69. The van der Waals surface area contributed by atoms with Crippen LogP contribution in [0.25, 0.3) is 0 Å². The first kappa shape index (κ1) is 21.7. The van der Waals surface area contributed by atoms with Gasteiger partial charge in [0.25, 0.3) is 0 Å². The molecule has 1 aromatic carbocycles. The summed E-state index contributed by atoms with van der Waals surface area (Å²) in [6.45, 7) is 2.31. The number of carbonyl (C=O) groups excluding carboxylic acids is 1. The van der Waals surface area contributed by atoms with E-state index in [4.69, 9.17) is 4.74 Å². The molecule has 0 spiro atoms. The van der Waals surface area contributed by atoms with E-state index in [1.807, 2.05) is 42.0 Å². The van der Waals surface area contributed by atoms with Crippen molar-refractivity contribution in [2.45, 2.75) is 57.7 Å². The number of carbonyl (C=O) groups is 1. The fraction of sp³-hybridized carbons (Fsp3) is 0.583. The Morgan fingerprint density at radius 1 is 1.19 bits per heavy atom. The molecule has 7 heteroatoms. The smallest absolute Gasteiger partial charge is 0.323 e. The number of benzene rings is 1. The van der Waals surface area contributed by atoms with Crippen molar-refractivity contribution in [3.8, 4) is 5.75 Å². The van der Waals surface area contributed by atoms with E-state index >= 15 is 0 Å². The van der Waals surface area contributed by atoms with Crippen molar-refractivity contribution in [2.24, 2.45) is 5.92 Å². The first-order valence-electron chi connectivity index (χ1n) is 11.4. The van der Waals surface area contributed by atoms with Crippen molar-refractivity contribution in [3.63, 3.8) is 0 Å². The number of hydrogen-bond acceptors (Lipinski definition) is 4. The molecule has 1 unspecified atom stereocenters. The molecule has 2 amide bonds. The van der Waals surface area contributed by atoms with Gasteiger partial charge < -0.3 is 14.5 Å². The lowest BCUT2D eigenvalue weighted by Crippen LogP contribution is -2.50. The van der Waals surface area contributed by atoms with Gasteiger partial charge in [-0.05, 0) is 62.5 Å². The zero-order valence-electron chi connectivity index (χ0n) is 19.0. The van der Waals surface area contributed by atoms with E-state index in [9.17, 15) is 4.79 Å². The molecular formula is C24H35N5O2. The van der Waals surface area contributed by atoms with E-state index in [1.54, 1.807) is 7.11 Å². The van der Waals surface area contributed by atoms with Crippen LogP contribution >= 0.6 is 0 Å². The molecule has 1 aliphatic heterocycles. The van der Waals surface area contributed by atoms with Crippen LogP contribution in [0.15, 0.2) is 30.5 Å². The number of urea groups is 1. The maximum atomic E-state index is 13.4. The van der Waals surface area contributed by atoms with Gasteiger partial charge in [-0.15, -0.1) is 0 Å². The molecule has 2 aromatic rings. The van der Waals surface area contributed by atoms with Crippen LogP contribution in [0.3, 0.4) is 0 Å². The Hall–Kier alpha value is -2.54. The molecule has 4 rings (SSSR count). The Morgan fingerprint density at radius 3 is 2.74 bits per heavy atom. The zero-order valence-corrected chi connectivity index (χ0v) is 19.0. The number of likely N-dealkylation sites (N-methyl/N-ethyl adjacent to an activating group) is 1. The van der Waals surface area contributed by atoms with Crippen molar-refractivity contribution in [1.82, 2.24) is 19.6 Å². The van der Waals surface area contributed by atoms with Gasteiger partial charge in [-0.1, -0.05) is 25.3 Å². The second-order valence-electron chi connectivity index (χ2n) is 9.13. The van der Waals surface area contributed by atoms with Gasteiger partial charge in [0.1, 0.15) is 5.75 Å². The summed E-state index contributed by atoms with van der Waals surface area (Å²) in [4.78, 5) is 17.5. The van der Waals surface area contributed by atoms with Crippen LogP contribution in [0.4, 0.5) is 10.6 Å². The summed E-state index contributed by atoms with van der Waals surface area (Å²) in [6.07, 6.45) is 9.10. The van der Waals surface area contributed by atoms with Gasteiger partial charge in [0.15, 0.2) is 5.82 Å². The molecule has 1 aromatic heterocycles. The quantitative estimate of drug-likeness (QED) is 0.760. The van der Waals surface area contributed by atoms with Crippen LogP contribution < -0.4 is 10.1 Å². The summed E-state index contributed by atoms with van der Waals surface area (Å²) in [7, 11) is 5.77. The van der Waals surface area contributed by atoms with Crippen molar-refractivity contribution >= 4 is 11.8 Å². The van der Waals surface area contributed by atoms with Crippen LogP contribution in [-0.4, -0.2) is 59.4 Å². The second kappa shape index (κ2) is 9.73. The summed E-state index contributed by atoms with van der Waals surface area (Å²) < 4.78 is 7.30. The molecule has 1 aliphatic carbocycles. The van der Waals surface area contributed by atoms with Crippen molar-refractivity contribution < 1.29 is 9.53 Å². The average molecular weight is 426 g/mol. The number of amides is 2. The number of aromatic nitrogens is 2. The fourth-order valence-corrected chi connectivity index (χ4v) is 4.91. The third kappa shape index (κ3) is 5.21. The molecule has 1 atom stereocenters. The highest BCUT2D eigenvalue weighted by molar-refractivity contribution is 5.88. The maximum absolute atomic E-state index is 13.4. The largest absolute Gasteiger partial charge is 0.497 e. The predicted molar refractivity (Wildman–Crippen MR) is 122 cm³/mol. The highest BCUT2D eigenvalue weighted by atomic mass is 16.5. The Bertz CT molecular complexity index is 888. The molecule has 0 saturated heterocycles. The van der Waals surface area contributed by atoms with Crippen LogP contribution in [0, 0.1) is 5.92 Å². The van der Waals surface area contributed by atoms with E-state index in [0.29, 0.717) is 18.3 Å². The number of nitrogens with zero attached hydrogens (tertiary/aromatic N) is 4. The summed E-state index contributed by atoms with van der Waals surface area (Å²) in [5.74, 6) is 2.02. The fourth-order valence-electron chi connectivity index (χ4n) is 4.91. The molecule has 0 radical (unpaired) electrons. The van der Waals surface area contributed by atoms with E-state index in [2.05, 4.69) is 27.4 Å². The molecule has 0 bridgehead atoms. The highest BCUT2D eigenvalue weighted by Crippen LogP contribution is 2.36. The van der Waals surface area contributed by atoms with E-state index in [1.165, 1.54) is 43.2 Å². The SMILES string of the molecule is COc1ccc2c(c1)CN(C(=O)Nc1ccn(CCN(C)C)n1)C(C1CCCCC1)C2. The summed E-state index contributed by atoms with van der Waals surface area (Å²) in [5.41, 5.74) is 2.52. The molecule has 31 heavy (non-hydrogen) atoms. The summed E-state index contributed by atoms with van der Waals surface area (Å²) in [6, 6.07) is 8.34. The van der Waals surface area contributed by atoms with Crippen LogP contribution in [0.5, 0.6) is 5.75 Å². The molecule has 1 N–H and O–H groups in total. The van der Waals surface area contributed by atoms with Crippen LogP contribution in [-0.2, 0) is 19.5 Å². The van der Waals surface area contributed by atoms with Gasteiger partial charge in [0, 0.05) is 31.4 Å². The molecule has 2 heterocycles. The minimum atomic E-state index is -0.0538. The lowest BCUT2D eigenvalue weighted by molar-refractivity contribution is 0.125. The van der Waals surface area contributed by atoms with Crippen molar-refractivity contribution in [1.29, 1.82) is 0 Å². The van der Waals surface area contributed by atoms with E-state index < -0.39 is 0 Å². The normalized spacial score (nSPS) is 19.4. The molecular weight excluding hydrogens is 390 g/mol. The first-order chi connectivity index (χ1) is 15.0.